The predicted molar refractivity (Wildman–Crippen MR) is 70.7 cm³/mol. The van der Waals surface area contributed by atoms with E-state index in [0.717, 1.165) is 12.1 Å². The first kappa shape index (κ1) is 14.0. The van der Waals surface area contributed by atoms with Crippen LogP contribution < -0.4 is 5.73 Å². The number of benzene rings is 2. The Hall–Kier alpha value is -2.43. The van der Waals surface area contributed by atoms with Crippen LogP contribution in [0.4, 0.5) is 14.5 Å². The molecule has 2 aromatic rings. The van der Waals surface area contributed by atoms with Gasteiger partial charge in [-0.15, -0.1) is 0 Å². The van der Waals surface area contributed by atoms with Crippen molar-refractivity contribution in [2.24, 2.45) is 0 Å². The maximum atomic E-state index is 13.0. The largest absolute Gasteiger partial charge is 0.461 e. The number of nitrogens with two attached hydrogens (primary N) is 1. The Morgan fingerprint density at radius 2 is 1.85 bits per heavy atom. The molecule has 104 valence electrons. The van der Waals surface area contributed by atoms with Crippen LogP contribution in [0.25, 0.3) is 0 Å². The topological polar surface area (TPSA) is 52.3 Å². The quantitative estimate of drug-likeness (QED) is 0.690. The minimum Gasteiger partial charge on any atom is -0.461 e. The third kappa shape index (κ3) is 3.54. The van der Waals surface area contributed by atoms with Crippen molar-refractivity contribution < 1.29 is 18.3 Å². The van der Waals surface area contributed by atoms with Crippen LogP contribution in [-0.4, -0.2) is 5.97 Å². The first-order valence-corrected chi connectivity index (χ1v) is 5.99. The number of carbonyl (C=O) groups is 1. The zero-order valence-corrected chi connectivity index (χ0v) is 10.6. The summed E-state index contributed by atoms with van der Waals surface area (Å²) in [6.45, 7) is -0.108. The summed E-state index contributed by atoms with van der Waals surface area (Å²) in [5, 5.41) is 0. The fourth-order valence-corrected chi connectivity index (χ4v) is 1.69. The van der Waals surface area contributed by atoms with Gasteiger partial charge in [-0.05, 0) is 29.3 Å². The van der Waals surface area contributed by atoms with E-state index in [1.165, 1.54) is 6.07 Å². The van der Waals surface area contributed by atoms with Crippen LogP contribution in [0.1, 0.15) is 11.1 Å². The number of anilines is 1. The number of esters is 1. The molecule has 2 rings (SSSR count). The lowest BCUT2D eigenvalue weighted by Gasteiger charge is -2.07. The van der Waals surface area contributed by atoms with Gasteiger partial charge in [0.05, 0.1) is 6.42 Å². The average molecular weight is 277 g/mol. The highest BCUT2D eigenvalue weighted by Gasteiger charge is 2.09. The van der Waals surface area contributed by atoms with Gasteiger partial charge in [0.2, 0.25) is 0 Å². The lowest BCUT2D eigenvalue weighted by Crippen LogP contribution is -2.09. The molecule has 0 aromatic heterocycles. The second-order valence-corrected chi connectivity index (χ2v) is 4.28. The van der Waals surface area contributed by atoms with Crippen molar-refractivity contribution in [1.29, 1.82) is 0 Å². The summed E-state index contributed by atoms with van der Waals surface area (Å²) in [6, 6.07) is 10.3. The molecule has 0 aliphatic rings. The fraction of sp³-hybridized carbons (Fsp3) is 0.133. The molecule has 0 unspecified atom stereocenters. The Morgan fingerprint density at radius 3 is 2.55 bits per heavy atom. The van der Waals surface area contributed by atoms with E-state index >= 15 is 0 Å². The van der Waals surface area contributed by atoms with E-state index in [4.69, 9.17) is 10.5 Å². The third-order valence-electron chi connectivity index (χ3n) is 2.77. The van der Waals surface area contributed by atoms with Crippen molar-refractivity contribution in [3.05, 3.63) is 65.2 Å². The molecule has 0 bridgehead atoms. The van der Waals surface area contributed by atoms with E-state index in [2.05, 4.69) is 0 Å². The second kappa shape index (κ2) is 6.14. The Balaban J connectivity index is 1.92. The lowest BCUT2D eigenvalue weighted by atomic mass is 10.1. The molecule has 0 spiro atoms. The SMILES string of the molecule is Nc1ccccc1CC(=O)OCc1ccc(F)c(F)c1. The molecule has 0 fully saturated rings. The molecule has 0 saturated heterocycles. The third-order valence-corrected chi connectivity index (χ3v) is 2.77. The van der Waals surface area contributed by atoms with Crippen molar-refractivity contribution in [1.82, 2.24) is 0 Å². The summed E-state index contributed by atoms with van der Waals surface area (Å²) >= 11 is 0. The van der Waals surface area contributed by atoms with Gasteiger partial charge < -0.3 is 10.5 Å². The summed E-state index contributed by atoms with van der Waals surface area (Å²) in [4.78, 5) is 11.6. The molecule has 5 heteroatoms. The molecule has 0 saturated carbocycles. The van der Waals surface area contributed by atoms with Crippen molar-refractivity contribution in [3.63, 3.8) is 0 Å². The lowest BCUT2D eigenvalue weighted by molar-refractivity contribution is -0.144. The van der Waals surface area contributed by atoms with Crippen LogP contribution >= 0.6 is 0 Å². The number of rotatable bonds is 4. The molecule has 0 atom stereocenters. The van der Waals surface area contributed by atoms with Crippen molar-refractivity contribution in [3.8, 4) is 0 Å². The highest BCUT2D eigenvalue weighted by atomic mass is 19.2. The molecule has 0 aliphatic heterocycles. The fourth-order valence-electron chi connectivity index (χ4n) is 1.69. The number of carbonyl (C=O) groups excluding carboxylic acids is 1. The summed E-state index contributed by atoms with van der Waals surface area (Å²) in [5.41, 5.74) is 7.28. The van der Waals surface area contributed by atoms with Gasteiger partial charge >= 0.3 is 5.97 Å². The van der Waals surface area contributed by atoms with Crippen LogP contribution in [0.2, 0.25) is 0 Å². The monoisotopic (exact) mass is 277 g/mol. The normalized spacial score (nSPS) is 10.3. The van der Waals surface area contributed by atoms with Crippen molar-refractivity contribution >= 4 is 11.7 Å². The van der Waals surface area contributed by atoms with E-state index in [1.54, 1.807) is 24.3 Å². The highest BCUT2D eigenvalue weighted by molar-refractivity contribution is 5.74. The molecule has 0 radical (unpaired) electrons. The van der Waals surface area contributed by atoms with Gasteiger partial charge in [-0.25, -0.2) is 8.78 Å². The van der Waals surface area contributed by atoms with Crippen LogP contribution in [0, 0.1) is 11.6 Å². The van der Waals surface area contributed by atoms with Gasteiger partial charge in [0, 0.05) is 5.69 Å². The zero-order chi connectivity index (χ0) is 14.5. The van der Waals surface area contributed by atoms with Gasteiger partial charge in [-0.2, -0.15) is 0 Å². The number of nitrogen functional groups attached to an aromatic ring is 1. The first-order chi connectivity index (χ1) is 9.56. The van der Waals surface area contributed by atoms with Crippen LogP contribution in [0.5, 0.6) is 0 Å². The average Bonchev–Trinajstić information content (AvgIpc) is 2.43. The zero-order valence-electron chi connectivity index (χ0n) is 10.6. The van der Waals surface area contributed by atoms with E-state index in [1.807, 2.05) is 0 Å². The summed E-state index contributed by atoms with van der Waals surface area (Å²) < 4.78 is 30.7. The Bertz CT molecular complexity index is 629. The summed E-state index contributed by atoms with van der Waals surface area (Å²) in [7, 11) is 0. The molecular formula is C15H13F2NO2. The van der Waals surface area contributed by atoms with Gasteiger partial charge in [0.15, 0.2) is 11.6 Å². The van der Waals surface area contributed by atoms with Gasteiger partial charge in [-0.1, -0.05) is 24.3 Å². The number of ether oxygens (including phenoxy) is 1. The molecule has 0 heterocycles. The molecular weight excluding hydrogens is 264 g/mol. The van der Waals surface area contributed by atoms with Crippen LogP contribution in [-0.2, 0) is 22.6 Å². The van der Waals surface area contributed by atoms with Crippen LogP contribution in [0.15, 0.2) is 42.5 Å². The van der Waals surface area contributed by atoms with E-state index in [-0.39, 0.29) is 13.0 Å². The standard InChI is InChI=1S/C15H13F2NO2/c16-12-6-5-10(7-13(12)17)9-20-15(19)8-11-3-1-2-4-14(11)18/h1-7H,8-9,18H2. The van der Waals surface area contributed by atoms with E-state index in [0.29, 0.717) is 16.8 Å². The van der Waals surface area contributed by atoms with Gasteiger partial charge in [-0.3, -0.25) is 4.79 Å². The number of halogens is 2. The molecule has 3 nitrogen and oxygen atoms in total. The maximum Gasteiger partial charge on any atom is 0.310 e. The maximum absolute atomic E-state index is 13.0. The Kier molecular flexibility index (Phi) is 4.30. The number of hydrogen-bond donors (Lipinski definition) is 1. The Labute approximate surface area is 115 Å². The Morgan fingerprint density at radius 1 is 1.10 bits per heavy atom. The summed E-state index contributed by atoms with van der Waals surface area (Å²) in [5.74, 6) is -2.38. The summed E-state index contributed by atoms with van der Waals surface area (Å²) in [6.07, 6.45) is 0.0380. The van der Waals surface area contributed by atoms with Gasteiger partial charge in [0.25, 0.3) is 0 Å². The predicted octanol–water partition coefficient (Wildman–Crippen LogP) is 2.83. The highest BCUT2D eigenvalue weighted by Crippen LogP contribution is 2.13. The number of para-hydroxylation sites is 1. The van der Waals surface area contributed by atoms with E-state index in [9.17, 15) is 13.6 Å². The molecule has 20 heavy (non-hydrogen) atoms. The minimum atomic E-state index is -0.967. The number of hydrogen-bond acceptors (Lipinski definition) is 3. The van der Waals surface area contributed by atoms with Gasteiger partial charge in [0.1, 0.15) is 6.61 Å². The van der Waals surface area contributed by atoms with Crippen molar-refractivity contribution in [2.45, 2.75) is 13.0 Å². The van der Waals surface area contributed by atoms with E-state index < -0.39 is 17.6 Å². The smallest absolute Gasteiger partial charge is 0.310 e. The molecule has 2 aromatic carbocycles. The molecule has 2 N–H and O–H groups in total. The second-order valence-electron chi connectivity index (χ2n) is 4.28. The molecule has 0 aliphatic carbocycles. The first-order valence-electron chi connectivity index (χ1n) is 5.99. The molecule has 0 amide bonds. The van der Waals surface area contributed by atoms with Crippen LogP contribution in [0.3, 0.4) is 0 Å². The minimum absolute atomic E-state index is 0.0380. The van der Waals surface area contributed by atoms with Crippen molar-refractivity contribution in [2.75, 3.05) is 5.73 Å².